The molecule has 1 aliphatic heterocycles. The van der Waals surface area contributed by atoms with Crippen LogP contribution in [0.15, 0.2) is 53.9 Å². The van der Waals surface area contributed by atoms with E-state index >= 15 is 0 Å². The SMILES string of the molecule is CCN1CCC(NC(=O)CSc2nnc(-c3ccncc3)n2-c2ccc(C)cc2)CC1. The molecular weight excluding hydrogens is 408 g/mol. The molecule has 1 N–H and O–H groups in total. The summed E-state index contributed by atoms with van der Waals surface area (Å²) in [4.78, 5) is 19.1. The van der Waals surface area contributed by atoms with Crippen molar-refractivity contribution in [1.82, 2.24) is 30.0 Å². The van der Waals surface area contributed by atoms with Crippen molar-refractivity contribution in [2.45, 2.75) is 37.9 Å². The number of pyridine rings is 1. The lowest BCUT2D eigenvalue weighted by molar-refractivity contribution is -0.119. The normalized spacial score (nSPS) is 15.2. The van der Waals surface area contributed by atoms with Crippen LogP contribution >= 0.6 is 11.8 Å². The van der Waals surface area contributed by atoms with Gasteiger partial charge in [0.2, 0.25) is 5.91 Å². The minimum Gasteiger partial charge on any atom is -0.353 e. The Morgan fingerprint density at radius 2 is 1.81 bits per heavy atom. The van der Waals surface area contributed by atoms with E-state index in [4.69, 9.17) is 0 Å². The van der Waals surface area contributed by atoms with Gasteiger partial charge >= 0.3 is 0 Å². The number of hydrogen-bond donors (Lipinski definition) is 1. The summed E-state index contributed by atoms with van der Waals surface area (Å²) in [6.45, 7) is 7.41. The highest BCUT2D eigenvalue weighted by atomic mass is 32.2. The van der Waals surface area contributed by atoms with E-state index < -0.39 is 0 Å². The smallest absolute Gasteiger partial charge is 0.230 e. The van der Waals surface area contributed by atoms with Gasteiger partial charge in [-0.05, 0) is 50.6 Å². The van der Waals surface area contributed by atoms with Crippen LogP contribution in [0.1, 0.15) is 25.3 Å². The second-order valence-corrected chi connectivity index (χ2v) is 8.72. The third kappa shape index (κ3) is 5.32. The molecule has 1 aliphatic rings. The van der Waals surface area contributed by atoms with E-state index in [1.54, 1.807) is 12.4 Å². The number of rotatable bonds is 7. The van der Waals surface area contributed by atoms with Crippen molar-refractivity contribution in [2.75, 3.05) is 25.4 Å². The molecule has 3 heterocycles. The Hall–Kier alpha value is -2.71. The third-order valence-corrected chi connectivity index (χ3v) is 6.53. The van der Waals surface area contributed by atoms with Crippen molar-refractivity contribution >= 4 is 17.7 Å². The first kappa shape index (κ1) is 21.5. The van der Waals surface area contributed by atoms with E-state index in [0.29, 0.717) is 10.9 Å². The number of carbonyl (C=O) groups is 1. The van der Waals surface area contributed by atoms with Crippen LogP contribution < -0.4 is 5.32 Å². The van der Waals surface area contributed by atoms with E-state index in [-0.39, 0.29) is 11.9 Å². The average molecular weight is 437 g/mol. The minimum atomic E-state index is 0.0452. The highest BCUT2D eigenvalue weighted by Crippen LogP contribution is 2.28. The van der Waals surface area contributed by atoms with Crippen LogP contribution in [0.5, 0.6) is 0 Å². The summed E-state index contributed by atoms with van der Waals surface area (Å²) in [5.74, 6) is 1.10. The Morgan fingerprint density at radius 3 is 2.48 bits per heavy atom. The molecule has 0 saturated carbocycles. The molecule has 7 nitrogen and oxygen atoms in total. The fourth-order valence-electron chi connectivity index (χ4n) is 3.77. The number of likely N-dealkylation sites (tertiary alicyclic amines) is 1. The fourth-order valence-corrected chi connectivity index (χ4v) is 4.53. The second kappa shape index (κ2) is 10.1. The van der Waals surface area contributed by atoms with Crippen molar-refractivity contribution in [1.29, 1.82) is 0 Å². The number of thioether (sulfide) groups is 1. The minimum absolute atomic E-state index is 0.0452. The van der Waals surface area contributed by atoms with Gasteiger partial charge in [-0.2, -0.15) is 0 Å². The number of benzene rings is 1. The topological polar surface area (TPSA) is 75.9 Å². The Morgan fingerprint density at radius 1 is 1.10 bits per heavy atom. The fraction of sp³-hybridized carbons (Fsp3) is 0.391. The number of carbonyl (C=O) groups excluding carboxylic acids is 1. The molecule has 1 fully saturated rings. The predicted molar refractivity (Wildman–Crippen MR) is 123 cm³/mol. The maximum Gasteiger partial charge on any atom is 0.230 e. The standard InChI is InChI=1S/C23H28N6OS/c1-3-28-14-10-19(11-15-28)25-21(30)16-31-23-27-26-22(18-8-12-24-13-9-18)29(23)20-6-4-17(2)5-7-20/h4-9,12-13,19H,3,10-11,14-16H2,1-2H3,(H,25,30). The van der Waals surface area contributed by atoms with Crippen LogP contribution in [-0.2, 0) is 4.79 Å². The van der Waals surface area contributed by atoms with Crippen molar-refractivity contribution in [3.63, 3.8) is 0 Å². The molecule has 0 spiro atoms. The van der Waals surface area contributed by atoms with Gasteiger partial charge in [-0.3, -0.25) is 14.3 Å². The molecule has 0 aliphatic carbocycles. The Balaban J connectivity index is 1.48. The van der Waals surface area contributed by atoms with Gasteiger partial charge in [0, 0.05) is 42.8 Å². The van der Waals surface area contributed by atoms with Gasteiger partial charge < -0.3 is 10.2 Å². The highest BCUT2D eigenvalue weighted by molar-refractivity contribution is 7.99. The zero-order chi connectivity index (χ0) is 21.6. The summed E-state index contributed by atoms with van der Waals surface area (Å²) in [5, 5.41) is 12.7. The number of aryl methyl sites for hydroxylation is 1. The maximum atomic E-state index is 12.6. The number of nitrogens with zero attached hydrogens (tertiary/aromatic N) is 5. The predicted octanol–water partition coefficient (Wildman–Crippen LogP) is 3.33. The second-order valence-electron chi connectivity index (χ2n) is 7.78. The Kier molecular flexibility index (Phi) is 6.99. The summed E-state index contributed by atoms with van der Waals surface area (Å²) in [5.41, 5.74) is 3.09. The average Bonchev–Trinajstić information content (AvgIpc) is 3.23. The number of aromatic nitrogens is 4. The quantitative estimate of drug-likeness (QED) is 0.573. The molecule has 0 radical (unpaired) electrons. The van der Waals surface area contributed by atoms with Crippen LogP contribution in [0.25, 0.3) is 17.1 Å². The molecule has 31 heavy (non-hydrogen) atoms. The Bertz CT molecular complexity index is 997. The zero-order valence-corrected chi connectivity index (χ0v) is 18.8. The van der Waals surface area contributed by atoms with E-state index in [0.717, 1.165) is 49.6 Å². The molecular formula is C23H28N6OS. The number of nitrogens with one attached hydrogen (secondary N) is 1. The van der Waals surface area contributed by atoms with Crippen molar-refractivity contribution < 1.29 is 4.79 Å². The monoisotopic (exact) mass is 436 g/mol. The summed E-state index contributed by atoms with van der Waals surface area (Å²) in [6.07, 6.45) is 5.51. The molecule has 1 aromatic carbocycles. The van der Waals surface area contributed by atoms with Gasteiger partial charge in [0.1, 0.15) is 0 Å². The lowest BCUT2D eigenvalue weighted by Gasteiger charge is -2.31. The molecule has 4 rings (SSSR count). The summed E-state index contributed by atoms with van der Waals surface area (Å²) < 4.78 is 2.01. The van der Waals surface area contributed by atoms with E-state index in [1.165, 1.54) is 17.3 Å². The lowest BCUT2D eigenvalue weighted by atomic mass is 10.1. The van der Waals surface area contributed by atoms with Gasteiger partial charge in [0.05, 0.1) is 5.75 Å². The van der Waals surface area contributed by atoms with Crippen LogP contribution in [-0.4, -0.2) is 62.0 Å². The van der Waals surface area contributed by atoms with Crippen LogP contribution in [0, 0.1) is 6.92 Å². The van der Waals surface area contributed by atoms with E-state index in [9.17, 15) is 4.79 Å². The van der Waals surface area contributed by atoms with Gasteiger partial charge in [-0.25, -0.2) is 0 Å². The van der Waals surface area contributed by atoms with Gasteiger partial charge in [0.25, 0.3) is 0 Å². The van der Waals surface area contributed by atoms with E-state index in [2.05, 4.69) is 63.5 Å². The third-order valence-electron chi connectivity index (χ3n) is 5.60. The van der Waals surface area contributed by atoms with Crippen LogP contribution in [0.3, 0.4) is 0 Å². The molecule has 0 atom stereocenters. The molecule has 0 bridgehead atoms. The molecule has 8 heteroatoms. The zero-order valence-electron chi connectivity index (χ0n) is 18.0. The Labute approximate surface area is 187 Å². The molecule has 1 saturated heterocycles. The largest absolute Gasteiger partial charge is 0.353 e. The first-order chi connectivity index (χ1) is 15.1. The summed E-state index contributed by atoms with van der Waals surface area (Å²) in [6, 6.07) is 12.3. The van der Waals surface area contributed by atoms with Crippen molar-refractivity contribution in [3.8, 4) is 17.1 Å². The number of amides is 1. The van der Waals surface area contributed by atoms with Crippen LogP contribution in [0.2, 0.25) is 0 Å². The number of hydrogen-bond acceptors (Lipinski definition) is 6. The number of piperidine rings is 1. The van der Waals surface area contributed by atoms with Gasteiger partial charge in [0.15, 0.2) is 11.0 Å². The molecule has 1 amide bonds. The maximum absolute atomic E-state index is 12.6. The lowest BCUT2D eigenvalue weighted by Crippen LogP contribution is -2.45. The molecule has 3 aromatic rings. The first-order valence-electron chi connectivity index (χ1n) is 10.7. The van der Waals surface area contributed by atoms with Gasteiger partial charge in [-0.15, -0.1) is 10.2 Å². The van der Waals surface area contributed by atoms with Crippen molar-refractivity contribution in [2.24, 2.45) is 0 Å². The molecule has 162 valence electrons. The highest BCUT2D eigenvalue weighted by Gasteiger charge is 2.21. The van der Waals surface area contributed by atoms with Crippen molar-refractivity contribution in [3.05, 3.63) is 54.4 Å². The molecule has 0 unspecified atom stereocenters. The van der Waals surface area contributed by atoms with Crippen LogP contribution in [0.4, 0.5) is 0 Å². The van der Waals surface area contributed by atoms with Gasteiger partial charge in [-0.1, -0.05) is 36.4 Å². The summed E-state index contributed by atoms with van der Waals surface area (Å²) >= 11 is 1.41. The summed E-state index contributed by atoms with van der Waals surface area (Å²) in [7, 11) is 0. The molecule has 2 aromatic heterocycles. The first-order valence-corrected chi connectivity index (χ1v) is 11.7. The van der Waals surface area contributed by atoms with E-state index in [1.807, 2.05) is 16.7 Å².